The van der Waals surface area contributed by atoms with Crippen LogP contribution in [-0.2, 0) is 9.53 Å². The molecule has 1 aliphatic rings. The molecular weight excluding hydrogens is 332 g/mol. The fourth-order valence-corrected chi connectivity index (χ4v) is 3.18. The van der Waals surface area contributed by atoms with E-state index in [4.69, 9.17) is 9.47 Å². The Labute approximate surface area is 156 Å². The summed E-state index contributed by atoms with van der Waals surface area (Å²) in [6.45, 7) is 4.92. The number of piperidine rings is 1. The van der Waals surface area contributed by atoms with Crippen LogP contribution >= 0.6 is 0 Å². The zero-order valence-corrected chi connectivity index (χ0v) is 16.1. The monoisotopic (exact) mass is 362 g/mol. The highest BCUT2D eigenvalue weighted by Gasteiger charge is 2.26. The Morgan fingerprint density at radius 1 is 1.19 bits per heavy atom. The molecule has 0 bridgehead atoms. The molecule has 144 valence electrons. The van der Waals surface area contributed by atoms with Gasteiger partial charge in [0.2, 0.25) is 0 Å². The van der Waals surface area contributed by atoms with Crippen LogP contribution in [0.1, 0.15) is 36.5 Å². The largest absolute Gasteiger partial charge is 0.484 e. The zero-order chi connectivity index (χ0) is 18.9. The minimum atomic E-state index is -0.0229. The molecule has 1 amide bonds. The number of ketones is 1. The van der Waals surface area contributed by atoms with Gasteiger partial charge in [-0.25, -0.2) is 0 Å². The highest BCUT2D eigenvalue weighted by atomic mass is 16.5. The Kier molecular flexibility index (Phi) is 8.06. The van der Waals surface area contributed by atoms with Gasteiger partial charge in [0, 0.05) is 31.7 Å². The van der Waals surface area contributed by atoms with Gasteiger partial charge in [-0.2, -0.15) is 0 Å². The normalized spacial score (nSPS) is 15.7. The first-order chi connectivity index (χ1) is 12.5. The number of nitrogens with zero attached hydrogens (tertiary/aromatic N) is 2. The van der Waals surface area contributed by atoms with E-state index in [1.54, 1.807) is 31.4 Å². The molecule has 0 atom stereocenters. The van der Waals surface area contributed by atoms with Gasteiger partial charge < -0.3 is 19.3 Å². The minimum absolute atomic E-state index is 0.00285. The molecule has 0 N–H and O–H groups in total. The second-order valence-electron chi connectivity index (χ2n) is 6.70. The van der Waals surface area contributed by atoms with Crippen molar-refractivity contribution in [1.29, 1.82) is 0 Å². The second kappa shape index (κ2) is 10.3. The Bertz CT molecular complexity index is 580. The lowest BCUT2D eigenvalue weighted by molar-refractivity contribution is -0.137. The van der Waals surface area contributed by atoms with Gasteiger partial charge in [-0.3, -0.25) is 9.59 Å². The van der Waals surface area contributed by atoms with Gasteiger partial charge in [0.25, 0.3) is 5.91 Å². The van der Waals surface area contributed by atoms with Crippen LogP contribution in [0.3, 0.4) is 0 Å². The van der Waals surface area contributed by atoms with E-state index in [0.717, 1.165) is 25.9 Å². The highest BCUT2D eigenvalue weighted by Crippen LogP contribution is 2.17. The minimum Gasteiger partial charge on any atom is -0.484 e. The van der Waals surface area contributed by atoms with Crippen LogP contribution in [0, 0.1) is 0 Å². The van der Waals surface area contributed by atoms with Gasteiger partial charge in [-0.1, -0.05) is 6.92 Å². The van der Waals surface area contributed by atoms with E-state index in [1.165, 1.54) is 0 Å². The number of benzene rings is 1. The quantitative estimate of drug-likeness (QED) is 0.631. The number of methoxy groups -OCH3 is 1. The van der Waals surface area contributed by atoms with E-state index in [1.807, 2.05) is 11.8 Å². The predicted molar refractivity (Wildman–Crippen MR) is 101 cm³/mol. The van der Waals surface area contributed by atoms with E-state index >= 15 is 0 Å². The first-order valence-electron chi connectivity index (χ1n) is 9.28. The average Bonchev–Trinajstić information content (AvgIpc) is 2.67. The number of carbonyl (C=O) groups excluding carboxylic acids is 2. The molecule has 1 saturated heterocycles. The number of Topliss-reactive ketones (excluding diaryl/α,β-unsaturated/α-hetero) is 1. The second-order valence-corrected chi connectivity index (χ2v) is 6.70. The molecule has 6 heteroatoms. The summed E-state index contributed by atoms with van der Waals surface area (Å²) in [5.74, 6) is 0.673. The first kappa shape index (κ1) is 20.4. The molecule has 0 saturated carbocycles. The molecule has 0 aliphatic carbocycles. The van der Waals surface area contributed by atoms with Crippen LogP contribution in [0.2, 0.25) is 0 Å². The van der Waals surface area contributed by atoms with Crippen molar-refractivity contribution in [2.45, 2.75) is 32.2 Å². The first-order valence-corrected chi connectivity index (χ1v) is 9.28. The molecule has 1 fully saturated rings. The summed E-state index contributed by atoms with van der Waals surface area (Å²) in [6, 6.07) is 7.20. The van der Waals surface area contributed by atoms with Gasteiger partial charge in [-0.05, 0) is 57.2 Å². The summed E-state index contributed by atoms with van der Waals surface area (Å²) in [5, 5.41) is 0. The number of hydrogen-bond acceptors (Lipinski definition) is 5. The molecule has 1 aromatic carbocycles. The highest BCUT2D eigenvalue weighted by molar-refractivity contribution is 5.95. The van der Waals surface area contributed by atoms with Gasteiger partial charge in [0.1, 0.15) is 5.75 Å². The number of likely N-dealkylation sites (tertiary alicyclic amines) is 1. The number of carbonyl (C=O) groups is 2. The Balaban J connectivity index is 1.92. The third-order valence-electron chi connectivity index (χ3n) is 4.85. The molecule has 0 radical (unpaired) electrons. The lowest BCUT2D eigenvalue weighted by Gasteiger charge is -2.37. The summed E-state index contributed by atoms with van der Waals surface area (Å²) in [4.78, 5) is 28.5. The van der Waals surface area contributed by atoms with Crippen LogP contribution in [0.15, 0.2) is 24.3 Å². The smallest absolute Gasteiger partial charge is 0.260 e. The van der Waals surface area contributed by atoms with Crippen LogP contribution in [0.5, 0.6) is 5.75 Å². The molecule has 1 aliphatic heterocycles. The molecule has 0 aromatic heterocycles. The van der Waals surface area contributed by atoms with Gasteiger partial charge in [-0.15, -0.1) is 0 Å². The van der Waals surface area contributed by atoms with Crippen LogP contribution in [0.4, 0.5) is 0 Å². The van der Waals surface area contributed by atoms with Crippen molar-refractivity contribution in [2.75, 3.05) is 47.0 Å². The fourth-order valence-electron chi connectivity index (χ4n) is 3.18. The Morgan fingerprint density at radius 2 is 1.85 bits per heavy atom. The lowest BCUT2D eigenvalue weighted by atomic mass is 10.0. The van der Waals surface area contributed by atoms with Crippen molar-refractivity contribution < 1.29 is 19.1 Å². The van der Waals surface area contributed by atoms with E-state index in [2.05, 4.69) is 11.9 Å². The SMILES string of the molecule is CCC(=O)c1ccc(OCC(=O)N(CCOC)C2CCN(C)CC2)cc1. The summed E-state index contributed by atoms with van der Waals surface area (Å²) in [7, 11) is 3.75. The number of ether oxygens (including phenoxy) is 2. The van der Waals surface area contributed by atoms with Crippen LogP contribution < -0.4 is 4.74 Å². The van der Waals surface area contributed by atoms with Crippen molar-refractivity contribution in [2.24, 2.45) is 0 Å². The van der Waals surface area contributed by atoms with Crippen LogP contribution in [-0.4, -0.2) is 74.5 Å². The van der Waals surface area contributed by atoms with Crippen molar-refractivity contribution in [3.05, 3.63) is 29.8 Å². The molecule has 26 heavy (non-hydrogen) atoms. The van der Waals surface area contributed by atoms with Gasteiger partial charge >= 0.3 is 0 Å². The number of rotatable bonds is 9. The molecular formula is C20H30N2O4. The number of amides is 1. The molecule has 2 rings (SSSR count). The Hall–Kier alpha value is -1.92. The summed E-state index contributed by atoms with van der Waals surface area (Å²) in [6.07, 6.45) is 2.42. The predicted octanol–water partition coefficient (Wildman–Crippen LogP) is 2.23. The molecule has 0 unspecified atom stereocenters. The molecule has 6 nitrogen and oxygen atoms in total. The lowest BCUT2D eigenvalue weighted by Crippen LogP contribution is -2.49. The van der Waals surface area contributed by atoms with E-state index in [0.29, 0.717) is 30.9 Å². The average molecular weight is 362 g/mol. The van der Waals surface area contributed by atoms with Crippen molar-refractivity contribution in [1.82, 2.24) is 9.80 Å². The third kappa shape index (κ3) is 5.81. The van der Waals surface area contributed by atoms with E-state index < -0.39 is 0 Å². The van der Waals surface area contributed by atoms with Gasteiger partial charge in [0.05, 0.1) is 6.61 Å². The molecule has 1 heterocycles. The van der Waals surface area contributed by atoms with Gasteiger partial charge in [0.15, 0.2) is 12.4 Å². The summed E-state index contributed by atoms with van der Waals surface area (Å²) in [5.41, 5.74) is 0.666. The molecule has 1 aromatic rings. The van der Waals surface area contributed by atoms with E-state index in [9.17, 15) is 9.59 Å². The van der Waals surface area contributed by atoms with Crippen LogP contribution in [0.25, 0.3) is 0 Å². The standard InChI is InChI=1S/C20H30N2O4/c1-4-19(23)16-5-7-18(8-6-16)26-15-20(24)22(13-14-25-3)17-9-11-21(2)12-10-17/h5-8,17H,4,9-15H2,1-3H3. The maximum Gasteiger partial charge on any atom is 0.260 e. The Morgan fingerprint density at radius 3 is 2.42 bits per heavy atom. The maximum atomic E-state index is 12.7. The van der Waals surface area contributed by atoms with Crippen molar-refractivity contribution >= 4 is 11.7 Å². The zero-order valence-electron chi connectivity index (χ0n) is 16.1. The van der Waals surface area contributed by atoms with Crippen molar-refractivity contribution in [3.63, 3.8) is 0 Å². The summed E-state index contributed by atoms with van der Waals surface area (Å²) < 4.78 is 10.8. The molecule has 0 spiro atoms. The van der Waals surface area contributed by atoms with E-state index in [-0.39, 0.29) is 24.3 Å². The number of hydrogen-bond donors (Lipinski definition) is 0. The third-order valence-corrected chi connectivity index (χ3v) is 4.85. The maximum absolute atomic E-state index is 12.7. The topological polar surface area (TPSA) is 59.1 Å². The summed E-state index contributed by atoms with van der Waals surface area (Å²) >= 11 is 0. The fraction of sp³-hybridized carbons (Fsp3) is 0.600. The van der Waals surface area contributed by atoms with Crippen molar-refractivity contribution in [3.8, 4) is 5.75 Å².